The molecule has 0 bridgehead atoms. The van der Waals surface area contributed by atoms with Crippen LogP contribution < -0.4 is 14.7 Å². The number of carbonyl (C=O) groups excluding carboxylic acids is 2. The van der Waals surface area contributed by atoms with Gasteiger partial charge in [0.25, 0.3) is 5.91 Å². The summed E-state index contributed by atoms with van der Waals surface area (Å²) < 4.78 is 5.29. The number of nitrogens with zero attached hydrogens (tertiary/aromatic N) is 2. The molecule has 0 N–H and O–H groups in total. The van der Waals surface area contributed by atoms with Crippen molar-refractivity contribution in [2.24, 2.45) is 5.41 Å². The van der Waals surface area contributed by atoms with Crippen molar-refractivity contribution in [3.63, 3.8) is 0 Å². The molecule has 7 heteroatoms. The molecule has 2 aliphatic rings. The highest BCUT2D eigenvalue weighted by atomic mass is 35.5. The summed E-state index contributed by atoms with van der Waals surface area (Å²) >= 11 is 6.13. The molecule has 3 atom stereocenters. The van der Waals surface area contributed by atoms with Gasteiger partial charge in [0.2, 0.25) is 5.91 Å². The van der Waals surface area contributed by atoms with E-state index < -0.39 is 23.5 Å². The van der Waals surface area contributed by atoms with Crippen LogP contribution in [0.2, 0.25) is 5.02 Å². The molecule has 0 aromatic heterocycles. The zero-order valence-electron chi connectivity index (χ0n) is 17.6. The zero-order valence-corrected chi connectivity index (χ0v) is 18.3. The molecule has 3 aromatic rings. The van der Waals surface area contributed by atoms with E-state index in [9.17, 15) is 9.59 Å². The van der Waals surface area contributed by atoms with E-state index in [0.717, 1.165) is 11.3 Å². The monoisotopic (exact) mass is 448 g/mol. The SMILES string of the molecule is COc1ccc([C@H]2N(c3ccccc3)O[C@@H]3C(=O)N(c4cccc(Cl)c4)C(=O)[C@]32C)cc1. The maximum Gasteiger partial charge on any atom is 0.266 e. The summed E-state index contributed by atoms with van der Waals surface area (Å²) in [7, 11) is 1.60. The van der Waals surface area contributed by atoms with Crippen molar-refractivity contribution < 1.29 is 19.2 Å². The van der Waals surface area contributed by atoms with Crippen molar-refractivity contribution >= 4 is 34.8 Å². The molecule has 0 spiro atoms. The van der Waals surface area contributed by atoms with Gasteiger partial charge in [-0.1, -0.05) is 48.0 Å². The van der Waals surface area contributed by atoms with Crippen LogP contribution in [0.4, 0.5) is 11.4 Å². The Bertz CT molecular complexity index is 1180. The predicted molar refractivity (Wildman–Crippen MR) is 122 cm³/mol. The van der Waals surface area contributed by atoms with Crippen molar-refractivity contribution in [1.29, 1.82) is 0 Å². The van der Waals surface area contributed by atoms with E-state index >= 15 is 0 Å². The lowest BCUT2D eigenvalue weighted by molar-refractivity contribution is -0.128. The normalized spacial score (nSPS) is 24.7. The molecular weight excluding hydrogens is 428 g/mol. The number of fused-ring (bicyclic) bond motifs is 1. The highest BCUT2D eigenvalue weighted by Crippen LogP contribution is 2.55. The summed E-state index contributed by atoms with van der Waals surface area (Å²) in [5.74, 6) is -0.0271. The molecule has 0 unspecified atom stereocenters. The highest BCUT2D eigenvalue weighted by molar-refractivity contribution is 6.31. The van der Waals surface area contributed by atoms with E-state index in [2.05, 4.69) is 0 Å². The minimum atomic E-state index is -1.15. The Morgan fingerprint density at radius 1 is 0.938 bits per heavy atom. The lowest BCUT2D eigenvalue weighted by Crippen LogP contribution is -2.41. The molecule has 0 saturated carbocycles. The van der Waals surface area contributed by atoms with Gasteiger partial charge in [0.05, 0.1) is 24.5 Å². The fourth-order valence-electron chi connectivity index (χ4n) is 4.57. The van der Waals surface area contributed by atoms with E-state index in [-0.39, 0.29) is 5.91 Å². The number of amides is 2. The summed E-state index contributed by atoms with van der Waals surface area (Å²) in [6.45, 7) is 1.79. The fourth-order valence-corrected chi connectivity index (χ4v) is 4.76. The molecule has 2 saturated heterocycles. The molecule has 2 fully saturated rings. The second-order valence-electron chi connectivity index (χ2n) is 8.06. The van der Waals surface area contributed by atoms with E-state index in [1.165, 1.54) is 4.90 Å². The molecule has 3 aromatic carbocycles. The van der Waals surface area contributed by atoms with Crippen LogP contribution in [0.1, 0.15) is 18.5 Å². The van der Waals surface area contributed by atoms with Gasteiger partial charge in [-0.3, -0.25) is 14.4 Å². The van der Waals surface area contributed by atoms with Crippen molar-refractivity contribution in [2.45, 2.75) is 19.1 Å². The smallest absolute Gasteiger partial charge is 0.266 e. The van der Waals surface area contributed by atoms with Gasteiger partial charge in [-0.2, -0.15) is 0 Å². The van der Waals surface area contributed by atoms with Crippen molar-refractivity contribution in [2.75, 3.05) is 17.1 Å². The van der Waals surface area contributed by atoms with Crippen LogP contribution in [-0.4, -0.2) is 25.0 Å². The number of hydrogen-bond acceptors (Lipinski definition) is 5. The number of hydrogen-bond donors (Lipinski definition) is 0. The third-order valence-electron chi connectivity index (χ3n) is 6.18. The van der Waals surface area contributed by atoms with Crippen LogP contribution in [0.5, 0.6) is 5.75 Å². The molecule has 5 rings (SSSR count). The number of anilines is 2. The first-order chi connectivity index (χ1) is 15.4. The minimum Gasteiger partial charge on any atom is -0.497 e. The van der Waals surface area contributed by atoms with Gasteiger partial charge >= 0.3 is 0 Å². The standard InChI is InChI=1S/C25H21ClN2O4/c1-25-21(16-11-13-20(31-2)14-12-16)28(18-8-4-3-5-9-18)32-22(25)23(29)27(24(25)30)19-10-6-7-17(26)15-19/h3-15,21-22H,1-2H3/t21-,22-,25+/m1/s1. The van der Waals surface area contributed by atoms with E-state index in [1.807, 2.05) is 54.6 Å². The molecule has 6 nitrogen and oxygen atoms in total. The van der Waals surface area contributed by atoms with Gasteiger partial charge in [-0.05, 0) is 55.0 Å². The summed E-state index contributed by atoms with van der Waals surface area (Å²) in [6.07, 6.45) is -0.971. The van der Waals surface area contributed by atoms with Crippen LogP contribution >= 0.6 is 11.6 Å². The number of ether oxygens (including phenoxy) is 1. The van der Waals surface area contributed by atoms with E-state index in [0.29, 0.717) is 16.5 Å². The van der Waals surface area contributed by atoms with Crippen molar-refractivity contribution in [3.05, 3.63) is 89.4 Å². The Morgan fingerprint density at radius 2 is 1.62 bits per heavy atom. The summed E-state index contributed by atoms with van der Waals surface area (Å²) in [4.78, 5) is 34.7. The third kappa shape index (κ3) is 2.98. The van der Waals surface area contributed by atoms with Gasteiger partial charge in [-0.15, -0.1) is 0 Å². The second-order valence-corrected chi connectivity index (χ2v) is 8.50. The summed E-state index contributed by atoms with van der Waals surface area (Å²) in [6, 6.07) is 23.1. The van der Waals surface area contributed by atoms with Crippen molar-refractivity contribution in [1.82, 2.24) is 0 Å². The fraction of sp³-hybridized carbons (Fsp3) is 0.200. The Labute approximate surface area is 190 Å². The zero-order chi connectivity index (χ0) is 22.5. The Kier molecular flexibility index (Phi) is 4.92. The number of benzene rings is 3. The molecule has 2 aliphatic heterocycles. The number of para-hydroxylation sites is 1. The lowest BCUT2D eigenvalue weighted by atomic mass is 9.76. The van der Waals surface area contributed by atoms with E-state index in [1.54, 1.807) is 43.4 Å². The van der Waals surface area contributed by atoms with Crippen molar-refractivity contribution in [3.8, 4) is 5.75 Å². The number of methoxy groups -OCH3 is 1. The Hall–Kier alpha value is -3.35. The van der Waals surface area contributed by atoms with Crippen LogP contribution in [0.25, 0.3) is 0 Å². The third-order valence-corrected chi connectivity index (χ3v) is 6.42. The molecule has 2 amide bonds. The van der Waals surface area contributed by atoms with E-state index in [4.69, 9.17) is 21.2 Å². The molecule has 2 heterocycles. The maximum atomic E-state index is 13.8. The Balaban J connectivity index is 1.63. The van der Waals surface area contributed by atoms with Crippen LogP contribution in [0.15, 0.2) is 78.9 Å². The number of rotatable bonds is 4. The average Bonchev–Trinajstić information content (AvgIpc) is 3.22. The highest BCUT2D eigenvalue weighted by Gasteiger charge is 2.68. The predicted octanol–water partition coefficient (Wildman–Crippen LogP) is 4.79. The first-order valence-electron chi connectivity index (χ1n) is 10.2. The number of carbonyl (C=O) groups is 2. The van der Waals surface area contributed by atoms with Gasteiger partial charge in [0.1, 0.15) is 11.2 Å². The van der Waals surface area contributed by atoms with Gasteiger partial charge in [0.15, 0.2) is 6.10 Å². The minimum absolute atomic E-state index is 0.325. The van der Waals surface area contributed by atoms with Gasteiger partial charge in [-0.25, -0.2) is 9.96 Å². The molecule has 0 radical (unpaired) electrons. The summed E-state index contributed by atoms with van der Waals surface area (Å²) in [5.41, 5.74) is 0.892. The van der Waals surface area contributed by atoms with Crippen LogP contribution in [0.3, 0.4) is 0 Å². The van der Waals surface area contributed by atoms with Crippen LogP contribution in [0, 0.1) is 5.41 Å². The molecular formula is C25H21ClN2O4. The molecule has 0 aliphatic carbocycles. The van der Waals surface area contributed by atoms with Crippen LogP contribution in [-0.2, 0) is 14.4 Å². The molecule has 32 heavy (non-hydrogen) atoms. The number of halogens is 1. The second kappa shape index (κ2) is 7.65. The van der Waals surface area contributed by atoms with Gasteiger partial charge in [0, 0.05) is 5.02 Å². The first-order valence-corrected chi connectivity index (χ1v) is 10.6. The van der Waals surface area contributed by atoms with Gasteiger partial charge < -0.3 is 4.74 Å². The quantitative estimate of drug-likeness (QED) is 0.537. The largest absolute Gasteiger partial charge is 0.497 e. The summed E-state index contributed by atoms with van der Waals surface area (Å²) in [5, 5.41) is 2.13. The number of imide groups is 1. The topological polar surface area (TPSA) is 59.1 Å². The number of hydroxylamine groups is 1. The molecule has 162 valence electrons. The lowest BCUT2D eigenvalue weighted by Gasteiger charge is -2.32. The maximum absolute atomic E-state index is 13.8. The Morgan fingerprint density at radius 3 is 2.28 bits per heavy atom. The first kappa shape index (κ1) is 20.5. The average molecular weight is 449 g/mol.